The Kier molecular flexibility index (Phi) is 5.76. The highest BCUT2D eigenvalue weighted by Crippen LogP contribution is 2.34. The second-order valence-electron chi connectivity index (χ2n) is 6.63. The Labute approximate surface area is 159 Å². The predicted octanol–water partition coefficient (Wildman–Crippen LogP) is 2.55. The molecule has 0 saturated carbocycles. The molecule has 0 aromatic heterocycles. The van der Waals surface area contributed by atoms with Crippen molar-refractivity contribution in [2.24, 2.45) is 0 Å². The highest BCUT2D eigenvalue weighted by molar-refractivity contribution is 6.07. The Hall–Kier alpha value is -2.86. The Morgan fingerprint density at radius 3 is 2.56 bits per heavy atom. The Balaban J connectivity index is 1.81. The average Bonchev–Trinajstić information content (AvgIpc) is 3.01. The molecule has 6 heteroatoms. The van der Waals surface area contributed by atoms with E-state index in [1.807, 2.05) is 30.0 Å². The number of hydrogen-bond acceptors (Lipinski definition) is 4. The van der Waals surface area contributed by atoms with Crippen molar-refractivity contribution in [3.8, 4) is 5.75 Å². The van der Waals surface area contributed by atoms with E-state index in [1.54, 1.807) is 31.4 Å². The van der Waals surface area contributed by atoms with Crippen LogP contribution in [-0.2, 0) is 22.5 Å². The predicted molar refractivity (Wildman–Crippen MR) is 103 cm³/mol. The number of nitrogens with one attached hydrogen (secondary N) is 1. The van der Waals surface area contributed by atoms with Gasteiger partial charge < -0.3 is 19.7 Å². The highest BCUT2D eigenvalue weighted by Gasteiger charge is 2.31. The monoisotopic (exact) mass is 368 g/mol. The minimum Gasteiger partial charge on any atom is -0.497 e. The molecule has 1 N–H and O–H groups in total. The Bertz CT molecular complexity index is 833. The summed E-state index contributed by atoms with van der Waals surface area (Å²) in [6.07, 6.45) is 0.813. The van der Waals surface area contributed by atoms with Gasteiger partial charge in [-0.2, -0.15) is 0 Å². The van der Waals surface area contributed by atoms with Gasteiger partial charge in [0.15, 0.2) is 0 Å². The summed E-state index contributed by atoms with van der Waals surface area (Å²) >= 11 is 0. The van der Waals surface area contributed by atoms with E-state index in [4.69, 9.17) is 9.47 Å². The number of rotatable bonds is 6. The number of carbonyl (C=O) groups excluding carboxylic acids is 2. The van der Waals surface area contributed by atoms with Crippen LogP contribution in [0.3, 0.4) is 0 Å². The first-order valence-corrected chi connectivity index (χ1v) is 8.88. The summed E-state index contributed by atoms with van der Waals surface area (Å²) in [5.41, 5.74) is 3.60. The van der Waals surface area contributed by atoms with Crippen molar-refractivity contribution in [1.82, 2.24) is 5.32 Å². The standard InChI is InChI=1S/C21H24N2O4/c1-14-10-17-5-4-15(12-22-20(24)13-26-2)11-19(17)23(14)21(25)16-6-8-18(27-3)9-7-16/h4-9,11,14H,10,12-13H2,1-3H3,(H,22,24). The first-order chi connectivity index (χ1) is 13.0. The van der Waals surface area contributed by atoms with E-state index >= 15 is 0 Å². The lowest BCUT2D eigenvalue weighted by Crippen LogP contribution is -2.35. The van der Waals surface area contributed by atoms with E-state index in [0.29, 0.717) is 12.1 Å². The minimum absolute atomic E-state index is 0.0318. The van der Waals surface area contributed by atoms with E-state index in [-0.39, 0.29) is 24.5 Å². The summed E-state index contributed by atoms with van der Waals surface area (Å²) in [7, 11) is 3.08. The summed E-state index contributed by atoms with van der Waals surface area (Å²) in [4.78, 5) is 26.5. The van der Waals surface area contributed by atoms with Crippen molar-refractivity contribution in [3.05, 3.63) is 59.2 Å². The van der Waals surface area contributed by atoms with Gasteiger partial charge in [0.1, 0.15) is 12.4 Å². The van der Waals surface area contributed by atoms with Crippen LogP contribution in [0.25, 0.3) is 0 Å². The molecule has 0 fully saturated rings. The molecule has 2 amide bonds. The number of anilines is 1. The third kappa shape index (κ3) is 4.11. The van der Waals surface area contributed by atoms with Crippen LogP contribution >= 0.6 is 0 Å². The zero-order chi connectivity index (χ0) is 19.4. The molecule has 0 saturated heterocycles. The van der Waals surface area contributed by atoms with E-state index in [1.165, 1.54) is 7.11 Å². The number of methoxy groups -OCH3 is 2. The zero-order valence-electron chi connectivity index (χ0n) is 15.8. The van der Waals surface area contributed by atoms with E-state index < -0.39 is 0 Å². The fourth-order valence-corrected chi connectivity index (χ4v) is 3.33. The Morgan fingerprint density at radius 2 is 1.89 bits per heavy atom. The molecule has 0 bridgehead atoms. The van der Waals surface area contributed by atoms with Crippen LogP contribution in [0.15, 0.2) is 42.5 Å². The summed E-state index contributed by atoms with van der Waals surface area (Å²) in [6.45, 7) is 2.47. The van der Waals surface area contributed by atoms with Gasteiger partial charge in [0, 0.05) is 30.9 Å². The van der Waals surface area contributed by atoms with E-state index in [0.717, 1.165) is 29.0 Å². The molecule has 0 spiro atoms. The second kappa shape index (κ2) is 8.22. The molecule has 0 aliphatic carbocycles. The van der Waals surface area contributed by atoms with Crippen LogP contribution in [0.4, 0.5) is 5.69 Å². The number of hydrogen-bond donors (Lipinski definition) is 1. The maximum atomic E-state index is 13.1. The van der Waals surface area contributed by atoms with Crippen molar-refractivity contribution in [3.63, 3.8) is 0 Å². The maximum Gasteiger partial charge on any atom is 0.258 e. The van der Waals surface area contributed by atoms with E-state index in [2.05, 4.69) is 5.32 Å². The van der Waals surface area contributed by atoms with Crippen molar-refractivity contribution in [2.45, 2.75) is 25.9 Å². The van der Waals surface area contributed by atoms with E-state index in [9.17, 15) is 9.59 Å². The normalized spacial score (nSPS) is 15.4. The SMILES string of the molecule is COCC(=O)NCc1ccc2c(c1)N(C(=O)c1ccc(OC)cc1)C(C)C2. The number of nitrogens with zero attached hydrogens (tertiary/aromatic N) is 1. The van der Waals surface area contributed by atoms with Gasteiger partial charge in [-0.05, 0) is 54.8 Å². The van der Waals surface area contributed by atoms with Gasteiger partial charge in [-0.1, -0.05) is 12.1 Å². The maximum absolute atomic E-state index is 13.1. The fraction of sp³-hybridized carbons (Fsp3) is 0.333. The van der Waals surface area contributed by atoms with Crippen LogP contribution in [0.5, 0.6) is 5.75 Å². The lowest BCUT2D eigenvalue weighted by Gasteiger charge is -2.23. The van der Waals surface area contributed by atoms with Gasteiger partial charge in [0.25, 0.3) is 5.91 Å². The number of ether oxygens (including phenoxy) is 2. The average molecular weight is 368 g/mol. The topological polar surface area (TPSA) is 67.9 Å². The molecule has 1 aliphatic rings. The zero-order valence-corrected chi connectivity index (χ0v) is 15.8. The summed E-state index contributed by atoms with van der Waals surface area (Å²) in [6, 6.07) is 13.2. The van der Waals surface area contributed by atoms with Gasteiger partial charge >= 0.3 is 0 Å². The van der Waals surface area contributed by atoms with Crippen molar-refractivity contribution in [1.29, 1.82) is 0 Å². The van der Waals surface area contributed by atoms with Crippen molar-refractivity contribution >= 4 is 17.5 Å². The van der Waals surface area contributed by atoms with Crippen LogP contribution in [0.2, 0.25) is 0 Å². The van der Waals surface area contributed by atoms with Gasteiger partial charge in [-0.15, -0.1) is 0 Å². The van der Waals surface area contributed by atoms with Crippen LogP contribution in [0, 0.1) is 0 Å². The number of fused-ring (bicyclic) bond motifs is 1. The van der Waals surface area contributed by atoms with Crippen LogP contribution in [-0.4, -0.2) is 38.7 Å². The lowest BCUT2D eigenvalue weighted by molar-refractivity contribution is -0.124. The van der Waals surface area contributed by atoms with Crippen molar-refractivity contribution in [2.75, 3.05) is 25.7 Å². The summed E-state index contributed by atoms with van der Waals surface area (Å²) < 4.78 is 9.98. The molecule has 1 atom stereocenters. The fourth-order valence-electron chi connectivity index (χ4n) is 3.33. The second-order valence-corrected chi connectivity index (χ2v) is 6.63. The molecule has 2 aromatic rings. The van der Waals surface area contributed by atoms with Gasteiger partial charge in [0.2, 0.25) is 5.91 Å². The number of amides is 2. The Morgan fingerprint density at radius 1 is 1.15 bits per heavy atom. The molecule has 142 valence electrons. The van der Waals surface area contributed by atoms with Crippen molar-refractivity contribution < 1.29 is 19.1 Å². The molecule has 6 nitrogen and oxygen atoms in total. The molecule has 2 aromatic carbocycles. The smallest absolute Gasteiger partial charge is 0.258 e. The first kappa shape index (κ1) is 18.9. The molecular formula is C21H24N2O4. The molecule has 3 rings (SSSR count). The van der Waals surface area contributed by atoms with Crippen LogP contribution < -0.4 is 15.0 Å². The summed E-state index contributed by atoms with van der Waals surface area (Å²) in [5.74, 6) is 0.512. The summed E-state index contributed by atoms with van der Waals surface area (Å²) in [5, 5.41) is 2.81. The number of benzene rings is 2. The highest BCUT2D eigenvalue weighted by atomic mass is 16.5. The third-order valence-corrected chi connectivity index (χ3v) is 4.69. The molecule has 27 heavy (non-hydrogen) atoms. The van der Waals surface area contributed by atoms with Gasteiger partial charge in [-0.25, -0.2) is 0 Å². The quantitative estimate of drug-likeness (QED) is 0.851. The first-order valence-electron chi connectivity index (χ1n) is 8.88. The molecule has 0 radical (unpaired) electrons. The largest absolute Gasteiger partial charge is 0.497 e. The third-order valence-electron chi connectivity index (χ3n) is 4.69. The van der Waals surface area contributed by atoms with Gasteiger partial charge in [0.05, 0.1) is 7.11 Å². The number of carbonyl (C=O) groups is 2. The minimum atomic E-state index is -0.169. The molecule has 1 aliphatic heterocycles. The van der Waals surface area contributed by atoms with Gasteiger partial charge in [-0.3, -0.25) is 9.59 Å². The van der Waals surface area contributed by atoms with Crippen LogP contribution in [0.1, 0.15) is 28.4 Å². The molecule has 1 heterocycles. The molecular weight excluding hydrogens is 344 g/mol. The lowest BCUT2D eigenvalue weighted by atomic mass is 10.1. The molecule has 1 unspecified atom stereocenters.